The van der Waals surface area contributed by atoms with Crippen LogP contribution in [0.1, 0.15) is 194 Å². The van der Waals surface area contributed by atoms with Crippen molar-refractivity contribution in [1.82, 2.24) is 0 Å². The van der Waals surface area contributed by atoms with Crippen molar-refractivity contribution in [3.05, 3.63) is 24.3 Å². The number of amides is 1. The van der Waals surface area contributed by atoms with Crippen molar-refractivity contribution in [1.29, 1.82) is 0 Å². The first-order valence-corrected chi connectivity index (χ1v) is 18.4. The van der Waals surface area contributed by atoms with Crippen molar-refractivity contribution in [2.75, 3.05) is 6.61 Å². The number of hydrogen-bond acceptors (Lipinski definition) is 3. The molecule has 0 rings (SSSR count). The largest absolute Gasteiger partial charge is 0.466 e. The molecular weight excluding hydrogens is 518 g/mol. The molecule has 0 saturated carbocycles. The summed E-state index contributed by atoms with van der Waals surface area (Å²) in [5.41, 5.74) is 5.61. The molecule has 0 aliphatic rings. The fourth-order valence-electron chi connectivity index (χ4n) is 5.44. The zero-order valence-electron chi connectivity index (χ0n) is 28.2. The third-order valence-electron chi connectivity index (χ3n) is 8.34. The maximum atomic E-state index is 12.1. The Labute approximate surface area is 262 Å². The number of primary amides is 1. The lowest BCUT2D eigenvalue weighted by molar-refractivity contribution is -0.144. The van der Waals surface area contributed by atoms with Gasteiger partial charge in [0.15, 0.2) is 0 Å². The van der Waals surface area contributed by atoms with Gasteiger partial charge in [-0.15, -0.1) is 0 Å². The van der Waals surface area contributed by atoms with Gasteiger partial charge < -0.3 is 10.5 Å². The van der Waals surface area contributed by atoms with Gasteiger partial charge in [-0.3, -0.25) is 9.59 Å². The molecule has 4 heteroatoms. The summed E-state index contributed by atoms with van der Waals surface area (Å²) in [5, 5.41) is 0. The molecular formula is C38H71NO3. The first kappa shape index (κ1) is 40.4. The van der Waals surface area contributed by atoms with Crippen molar-refractivity contribution >= 4 is 11.9 Å². The summed E-state index contributed by atoms with van der Waals surface area (Å²) in [4.78, 5) is 23.9. The number of hydrogen-bond donors (Lipinski definition) is 1. The Morgan fingerprint density at radius 2 is 0.905 bits per heavy atom. The molecule has 0 fully saturated rings. The van der Waals surface area contributed by atoms with Gasteiger partial charge in [0.1, 0.15) is 0 Å². The van der Waals surface area contributed by atoms with E-state index in [2.05, 4.69) is 38.2 Å². The number of esters is 1. The highest BCUT2D eigenvalue weighted by atomic mass is 16.5. The minimum absolute atomic E-state index is 0.139. The molecule has 1 amide bonds. The molecule has 246 valence electrons. The lowest BCUT2D eigenvalue weighted by Crippen LogP contribution is -2.25. The molecule has 4 nitrogen and oxygen atoms in total. The smallest absolute Gasteiger partial charge is 0.305 e. The number of ether oxygens (including phenoxy) is 1. The van der Waals surface area contributed by atoms with Crippen LogP contribution >= 0.6 is 0 Å². The fraction of sp³-hybridized carbons (Fsp3) is 0.842. The molecule has 0 spiro atoms. The van der Waals surface area contributed by atoms with Gasteiger partial charge in [-0.2, -0.15) is 0 Å². The lowest BCUT2D eigenvalue weighted by Gasteiger charge is -2.13. The van der Waals surface area contributed by atoms with Crippen LogP contribution in [0.2, 0.25) is 0 Å². The van der Waals surface area contributed by atoms with E-state index in [4.69, 9.17) is 10.5 Å². The van der Waals surface area contributed by atoms with E-state index in [0.29, 0.717) is 19.4 Å². The minimum Gasteiger partial charge on any atom is -0.466 e. The molecule has 1 atom stereocenters. The zero-order chi connectivity index (χ0) is 30.8. The lowest BCUT2D eigenvalue weighted by atomic mass is 9.97. The van der Waals surface area contributed by atoms with E-state index in [1.165, 1.54) is 128 Å². The molecule has 0 aliphatic carbocycles. The molecule has 0 saturated heterocycles. The standard InChI is InChI=1S/C38H71NO3/c1-3-5-7-9-11-13-15-17-19-21-23-25-27-29-31-33-37(40)42-35-34-36(38(39)41)32-30-28-26-24-22-20-18-16-14-12-10-8-6-4-2/h17-20,36H,3-16,21-35H2,1-2H3,(H2,39,41). The summed E-state index contributed by atoms with van der Waals surface area (Å²) in [5.74, 6) is -0.587. The number of nitrogens with two attached hydrogens (primary N) is 1. The molecule has 42 heavy (non-hydrogen) atoms. The average molecular weight is 590 g/mol. The van der Waals surface area contributed by atoms with Gasteiger partial charge >= 0.3 is 5.97 Å². The highest BCUT2D eigenvalue weighted by Gasteiger charge is 2.15. The minimum atomic E-state index is -0.263. The number of rotatable bonds is 33. The van der Waals surface area contributed by atoms with E-state index in [0.717, 1.165) is 38.5 Å². The summed E-state index contributed by atoms with van der Waals surface area (Å²) in [7, 11) is 0. The molecule has 0 aliphatic heterocycles. The van der Waals surface area contributed by atoms with Crippen LogP contribution < -0.4 is 5.73 Å². The number of carbonyl (C=O) groups is 2. The number of carbonyl (C=O) groups excluding carboxylic acids is 2. The third-order valence-corrected chi connectivity index (χ3v) is 8.34. The van der Waals surface area contributed by atoms with E-state index in [1.807, 2.05) is 0 Å². The van der Waals surface area contributed by atoms with Gasteiger partial charge in [0.25, 0.3) is 0 Å². The Morgan fingerprint density at radius 1 is 0.524 bits per heavy atom. The molecule has 0 heterocycles. The van der Waals surface area contributed by atoms with E-state index in [9.17, 15) is 9.59 Å². The summed E-state index contributed by atoms with van der Waals surface area (Å²) < 4.78 is 5.40. The fourth-order valence-corrected chi connectivity index (χ4v) is 5.44. The Hall–Kier alpha value is -1.58. The molecule has 0 aromatic rings. The van der Waals surface area contributed by atoms with Crippen molar-refractivity contribution in [2.24, 2.45) is 11.7 Å². The van der Waals surface area contributed by atoms with Crippen molar-refractivity contribution in [2.45, 2.75) is 194 Å². The van der Waals surface area contributed by atoms with Crippen LogP contribution in [-0.2, 0) is 14.3 Å². The monoisotopic (exact) mass is 590 g/mol. The normalized spacial score (nSPS) is 12.4. The highest BCUT2D eigenvalue weighted by molar-refractivity contribution is 5.76. The number of allylic oxidation sites excluding steroid dienone is 4. The summed E-state index contributed by atoms with van der Waals surface area (Å²) in [6, 6.07) is 0. The van der Waals surface area contributed by atoms with Crippen LogP contribution in [0.4, 0.5) is 0 Å². The first-order chi connectivity index (χ1) is 20.6. The van der Waals surface area contributed by atoms with Crippen LogP contribution in [0.3, 0.4) is 0 Å². The van der Waals surface area contributed by atoms with Crippen LogP contribution in [0.5, 0.6) is 0 Å². The van der Waals surface area contributed by atoms with Gasteiger partial charge in [-0.25, -0.2) is 0 Å². The second-order valence-electron chi connectivity index (χ2n) is 12.5. The molecule has 0 aromatic heterocycles. The van der Waals surface area contributed by atoms with Crippen molar-refractivity contribution in [3.63, 3.8) is 0 Å². The van der Waals surface area contributed by atoms with E-state index >= 15 is 0 Å². The molecule has 1 unspecified atom stereocenters. The maximum absolute atomic E-state index is 12.1. The van der Waals surface area contributed by atoms with Crippen molar-refractivity contribution < 1.29 is 14.3 Å². The van der Waals surface area contributed by atoms with Crippen LogP contribution in [-0.4, -0.2) is 18.5 Å². The van der Waals surface area contributed by atoms with E-state index in [-0.39, 0.29) is 17.8 Å². The molecule has 2 N–H and O–H groups in total. The second-order valence-corrected chi connectivity index (χ2v) is 12.5. The van der Waals surface area contributed by atoms with Gasteiger partial charge in [-0.1, -0.05) is 141 Å². The van der Waals surface area contributed by atoms with Crippen LogP contribution in [0.25, 0.3) is 0 Å². The predicted molar refractivity (Wildman–Crippen MR) is 183 cm³/mol. The quantitative estimate of drug-likeness (QED) is 0.0470. The van der Waals surface area contributed by atoms with Crippen LogP contribution in [0.15, 0.2) is 24.3 Å². The summed E-state index contributed by atoms with van der Waals surface area (Å²) in [6.45, 7) is 4.84. The Kier molecular flexibility index (Phi) is 32.6. The van der Waals surface area contributed by atoms with E-state index in [1.54, 1.807) is 0 Å². The van der Waals surface area contributed by atoms with Crippen LogP contribution in [0, 0.1) is 5.92 Å². The first-order valence-electron chi connectivity index (χ1n) is 18.4. The highest BCUT2D eigenvalue weighted by Crippen LogP contribution is 2.16. The summed E-state index contributed by atoms with van der Waals surface area (Å²) >= 11 is 0. The van der Waals surface area contributed by atoms with E-state index < -0.39 is 0 Å². The molecule has 0 aromatic carbocycles. The topological polar surface area (TPSA) is 69.4 Å². The molecule has 0 bridgehead atoms. The van der Waals surface area contributed by atoms with Crippen molar-refractivity contribution in [3.8, 4) is 0 Å². The maximum Gasteiger partial charge on any atom is 0.305 e. The van der Waals surface area contributed by atoms with Gasteiger partial charge in [0.2, 0.25) is 5.91 Å². The zero-order valence-corrected chi connectivity index (χ0v) is 28.2. The molecule has 0 radical (unpaired) electrons. The Balaban J connectivity index is 3.58. The van der Waals surface area contributed by atoms with Gasteiger partial charge in [-0.05, 0) is 70.6 Å². The Morgan fingerprint density at radius 3 is 1.33 bits per heavy atom. The average Bonchev–Trinajstić information content (AvgIpc) is 2.98. The van der Waals surface area contributed by atoms with Gasteiger partial charge in [0.05, 0.1) is 6.61 Å². The third kappa shape index (κ3) is 31.4. The second kappa shape index (κ2) is 33.9. The number of unbranched alkanes of at least 4 members (excludes halogenated alkanes) is 21. The predicted octanol–water partition coefficient (Wildman–Crippen LogP) is 11.7. The Bertz CT molecular complexity index is 642. The summed E-state index contributed by atoms with van der Waals surface area (Å²) in [6.07, 6.45) is 42.5. The van der Waals surface area contributed by atoms with Gasteiger partial charge in [0, 0.05) is 12.3 Å². The SMILES string of the molecule is CCCCCCCCC=CCCCCCCCC(=O)OCCC(CCCCCCC=CCCCCCCCC)C(N)=O.